The van der Waals surface area contributed by atoms with Crippen LogP contribution in [0.15, 0.2) is 18.2 Å². The third kappa shape index (κ3) is 2.50. The Morgan fingerprint density at radius 3 is 2.70 bits per heavy atom. The van der Waals surface area contributed by atoms with E-state index in [4.69, 9.17) is 10.6 Å². The molecular weight excluding hydrogens is 256 g/mol. The monoisotopic (exact) mass is 274 g/mol. The Balaban J connectivity index is 2.55. The Morgan fingerprint density at radius 2 is 2.10 bits per heavy atom. The van der Waals surface area contributed by atoms with Gasteiger partial charge in [0.2, 0.25) is 0 Å². The number of aromatic nitrogens is 2. The summed E-state index contributed by atoms with van der Waals surface area (Å²) in [5.74, 6) is 7.12. The average molecular weight is 274 g/mol. The Kier molecular flexibility index (Phi) is 4.05. The number of aryl methyl sites for hydroxylation is 1. The number of phenolic OH excluding ortho intramolecular Hbond substituents is 1. The van der Waals surface area contributed by atoms with E-state index in [1.54, 1.807) is 18.2 Å². The first-order valence-electron chi connectivity index (χ1n) is 6.32. The van der Waals surface area contributed by atoms with E-state index in [1.165, 1.54) is 7.11 Å². The van der Waals surface area contributed by atoms with Gasteiger partial charge >= 0.3 is 0 Å². The molecule has 6 nitrogen and oxygen atoms in total. The molecule has 0 atom stereocenters. The molecule has 2 rings (SSSR count). The maximum atomic E-state index is 9.62. The lowest BCUT2D eigenvalue weighted by Gasteiger charge is -2.12. The number of nitrogens with zero attached hydrogens (tertiary/aromatic N) is 2. The van der Waals surface area contributed by atoms with E-state index in [2.05, 4.69) is 15.4 Å². The van der Waals surface area contributed by atoms with Crippen LogP contribution in [0.5, 0.6) is 11.5 Å². The van der Waals surface area contributed by atoms with E-state index in [-0.39, 0.29) is 5.75 Å². The van der Waals surface area contributed by atoms with Crippen molar-refractivity contribution < 1.29 is 9.84 Å². The van der Waals surface area contributed by atoms with E-state index < -0.39 is 0 Å². The van der Waals surface area contributed by atoms with Crippen molar-refractivity contribution in [3.8, 4) is 22.9 Å². The fraction of sp³-hybridized carbons (Fsp3) is 0.286. The highest BCUT2D eigenvalue weighted by Crippen LogP contribution is 2.31. The summed E-state index contributed by atoms with van der Waals surface area (Å²) in [6, 6.07) is 4.98. The summed E-state index contributed by atoms with van der Waals surface area (Å²) in [5, 5.41) is 9.62. The van der Waals surface area contributed by atoms with Crippen molar-refractivity contribution in [3.05, 3.63) is 29.5 Å². The molecule has 0 aliphatic carbocycles. The quantitative estimate of drug-likeness (QED) is 0.583. The number of nitrogens with one attached hydrogen (secondary N) is 1. The van der Waals surface area contributed by atoms with Crippen LogP contribution in [0.3, 0.4) is 0 Å². The summed E-state index contributed by atoms with van der Waals surface area (Å²) in [6.45, 7) is 3.94. The molecule has 6 heteroatoms. The van der Waals surface area contributed by atoms with E-state index >= 15 is 0 Å². The topological polar surface area (TPSA) is 93.3 Å². The van der Waals surface area contributed by atoms with Gasteiger partial charge < -0.3 is 15.3 Å². The summed E-state index contributed by atoms with van der Waals surface area (Å²) in [7, 11) is 1.50. The zero-order chi connectivity index (χ0) is 14.7. The number of hydrogen-bond donors (Lipinski definition) is 3. The molecule has 0 amide bonds. The third-order valence-corrected chi connectivity index (χ3v) is 3.14. The molecule has 0 aliphatic rings. The molecule has 20 heavy (non-hydrogen) atoms. The number of hydrogen-bond acceptors (Lipinski definition) is 6. The van der Waals surface area contributed by atoms with Crippen LogP contribution >= 0.6 is 0 Å². The van der Waals surface area contributed by atoms with Crippen molar-refractivity contribution in [2.75, 3.05) is 12.5 Å². The number of benzene rings is 1. The van der Waals surface area contributed by atoms with Crippen LogP contribution in [-0.4, -0.2) is 22.2 Å². The van der Waals surface area contributed by atoms with Gasteiger partial charge in [-0.15, -0.1) is 0 Å². The predicted molar refractivity (Wildman–Crippen MR) is 77.6 cm³/mol. The van der Waals surface area contributed by atoms with Crippen molar-refractivity contribution in [1.82, 2.24) is 9.97 Å². The molecule has 1 heterocycles. The average Bonchev–Trinajstić information content (AvgIpc) is 2.46. The van der Waals surface area contributed by atoms with Crippen LogP contribution in [0.25, 0.3) is 11.4 Å². The first kappa shape index (κ1) is 14.1. The van der Waals surface area contributed by atoms with Crippen LogP contribution in [0.1, 0.15) is 18.2 Å². The highest BCUT2D eigenvalue weighted by Gasteiger charge is 2.12. The molecule has 0 saturated heterocycles. The SMILES string of the molecule is CCc1c(C)nc(-c2ccc(O)c(OC)c2)nc1NN. The van der Waals surface area contributed by atoms with Gasteiger partial charge in [-0.25, -0.2) is 15.8 Å². The van der Waals surface area contributed by atoms with Gasteiger partial charge in [0.05, 0.1) is 7.11 Å². The molecule has 0 spiro atoms. The lowest BCUT2D eigenvalue weighted by atomic mass is 10.1. The number of ether oxygens (including phenoxy) is 1. The van der Waals surface area contributed by atoms with Crippen molar-refractivity contribution in [3.63, 3.8) is 0 Å². The van der Waals surface area contributed by atoms with Gasteiger partial charge in [-0.3, -0.25) is 0 Å². The van der Waals surface area contributed by atoms with E-state index in [1.807, 2.05) is 13.8 Å². The fourth-order valence-corrected chi connectivity index (χ4v) is 2.08. The zero-order valence-electron chi connectivity index (χ0n) is 11.8. The Labute approximate surface area is 117 Å². The van der Waals surface area contributed by atoms with Crippen molar-refractivity contribution >= 4 is 5.82 Å². The second-order valence-electron chi connectivity index (χ2n) is 4.34. The van der Waals surface area contributed by atoms with E-state index in [0.717, 1.165) is 23.2 Å². The number of aromatic hydroxyl groups is 1. The molecule has 2 aromatic rings. The fourth-order valence-electron chi connectivity index (χ4n) is 2.08. The zero-order valence-corrected chi connectivity index (χ0v) is 11.8. The van der Waals surface area contributed by atoms with Gasteiger partial charge in [-0.1, -0.05) is 6.92 Å². The van der Waals surface area contributed by atoms with Gasteiger partial charge in [0.25, 0.3) is 0 Å². The molecule has 0 radical (unpaired) electrons. The Hall–Kier alpha value is -2.34. The highest BCUT2D eigenvalue weighted by molar-refractivity contribution is 5.63. The van der Waals surface area contributed by atoms with Crippen molar-refractivity contribution in [2.45, 2.75) is 20.3 Å². The molecule has 0 aliphatic heterocycles. The number of phenols is 1. The number of nitrogens with two attached hydrogens (primary N) is 1. The summed E-state index contributed by atoms with van der Waals surface area (Å²) in [5.41, 5.74) is 5.22. The minimum absolute atomic E-state index is 0.0790. The summed E-state index contributed by atoms with van der Waals surface area (Å²) >= 11 is 0. The van der Waals surface area contributed by atoms with Crippen molar-refractivity contribution in [1.29, 1.82) is 0 Å². The minimum Gasteiger partial charge on any atom is -0.504 e. The largest absolute Gasteiger partial charge is 0.504 e. The van der Waals surface area contributed by atoms with Gasteiger partial charge in [0.1, 0.15) is 5.82 Å². The minimum atomic E-state index is 0.0790. The molecule has 0 fully saturated rings. The molecule has 1 aromatic carbocycles. The third-order valence-electron chi connectivity index (χ3n) is 3.14. The summed E-state index contributed by atoms with van der Waals surface area (Å²) in [4.78, 5) is 8.90. The first-order valence-corrected chi connectivity index (χ1v) is 6.32. The predicted octanol–water partition coefficient (Wildman–Crippen LogP) is 2.01. The number of hydrazine groups is 1. The lowest BCUT2D eigenvalue weighted by Crippen LogP contribution is -2.13. The lowest BCUT2D eigenvalue weighted by molar-refractivity contribution is 0.373. The molecule has 106 valence electrons. The number of rotatable bonds is 4. The van der Waals surface area contributed by atoms with Crippen LogP contribution in [0.2, 0.25) is 0 Å². The maximum absolute atomic E-state index is 9.62. The molecular formula is C14H18N4O2. The standard InChI is InChI=1S/C14H18N4O2/c1-4-10-8(2)16-13(17-14(10)18-15)9-5-6-11(19)12(7-9)20-3/h5-7,19H,4,15H2,1-3H3,(H,16,17,18). The van der Waals surface area contributed by atoms with E-state index in [9.17, 15) is 5.11 Å². The molecule has 0 bridgehead atoms. The normalized spacial score (nSPS) is 10.4. The smallest absolute Gasteiger partial charge is 0.161 e. The molecule has 0 saturated carbocycles. The van der Waals surface area contributed by atoms with Crippen molar-refractivity contribution in [2.24, 2.45) is 5.84 Å². The Bertz CT molecular complexity index is 629. The number of methoxy groups -OCH3 is 1. The second kappa shape index (κ2) is 5.75. The molecule has 4 N–H and O–H groups in total. The highest BCUT2D eigenvalue weighted by atomic mass is 16.5. The van der Waals surface area contributed by atoms with E-state index in [0.29, 0.717) is 17.4 Å². The van der Waals surface area contributed by atoms with Crippen LogP contribution in [-0.2, 0) is 6.42 Å². The van der Waals surface area contributed by atoms with Crippen LogP contribution in [0.4, 0.5) is 5.82 Å². The van der Waals surface area contributed by atoms with Gasteiger partial charge in [0.15, 0.2) is 17.3 Å². The maximum Gasteiger partial charge on any atom is 0.161 e. The van der Waals surface area contributed by atoms with Gasteiger partial charge in [0, 0.05) is 16.8 Å². The van der Waals surface area contributed by atoms with Crippen LogP contribution < -0.4 is 16.0 Å². The molecule has 1 aromatic heterocycles. The van der Waals surface area contributed by atoms with Gasteiger partial charge in [-0.05, 0) is 31.5 Å². The summed E-state index contributed by atoms with van der Waals surface area (Å²) < 4.78 is 5.09. The first-order chi connectivity index (χ1) is 9.60. The second-order valence-corrected chi connectivity index (χ2v) is 4.34. The van der Waals surface area contributed by atoms with Crippen LogP contribution in [0, 0.1) is 6.92 Å². The number of nitrogen functional groups attached to an aromatic ring is 1. The summed E-state index contributed by atoms with van der Waals surface area (Å²) in [6.07, 6.45) is 0.796. The number of anilines is 1. The van der Waals surface area contributed by atoms with Gasteiger partial charge in [-0.2, -0.15) is 0 Å². The molecule has 0 unspecified atom stereocenters. The Morgan fingerprint density at radius 1 is 1.35 bits per heavy atom.